The number of alkyl halides is 6. The molecule has 0 aliphatic carbocycles. The van der Waals surface area contributed by atoms with Crippen molar-refractivity contribution in [3.8, 4) is 0 Å². The number of sulfone groups is 1. The monoisotopic (exact) mass is 429 g/mol. The molecule has 0 saturated carbocycles. The number of hydrogen-bond acceptors (Lipinski definition) is 4. The molecule has 1 heterocycles. The summed E-state index contributed by atoms with van der Waals surface area (Å²) in [5.41, 5.74) is -5.62. The van der Waals surface area contributed by atoms with Crippen LogP contribution in [0, 0.1) is 0 Å². The van der Waals surface area contributed by atoms with Gasteiger partial charge in [0, 0.05) is 25.0 Å². The number of aromatic nitrogens is 2. The number of carbonyl (C=O) groups excluding carboxylic acids is 1. The maximum atomic E-state index is 12.5. The Morgan fingerprint density at radius 2 is 1.68 bits per heavy atom. The van der Waals surface area contributed by atoms with Crippen molar-refractivity contribution in [2.24, 2.45) is 0 Å². The van der Waals surface area contributed by atoms with Gasteiger partial charge in [-0.3, -0.25) is 4.79 Å². The Morgan fingerprint density at radius 3 is 2.18 bits per heavy atom. The predicted octanol–water partition coefficient (Wildman–Crippen LogP) is 3.01. The van der Waals surface area contributed by atoms with Crippen molar-refractivity contribution in [2.75, 3.05) is 7.05 Å². The van der Waals surface area contributed by atoms with Crippen LogP contribution >= 0.6 is 0 Å². The first-order valence-corrected chi connectivity index (χ1v) is 8.94. The Labute approximate surface area is 155 Å². The molecule has 0 fully saturated rings. The fraction of sp³-hybridized carbons (Fsp3) is 0.333. The fourth-order valence-electron chi connectivity index (χ4n) is 2.24. The molecule has 0 bridgehead atoms. The van der Waals surface area contributed by atoms with E-state index in [0.29, 0.717) is 12.1 Å². The topological polar surface area (TPSA) is 72.3 Å². The minimum Gasteiger partial charge on any atom is -0.334 e. The lowest BCUT2D eigenvalue weighted by atomic mass is 10.2. The summed E-state index contributed by atoms with van der Waals surface area (Å²) < 4.78 is 98.5. The van der Waals surface area contributed by atoms with Crippen LogP contribution in [0.25, 0.3) is 0 Å². The van der Waals surface area contributed by atoms with Crippen LogP contribution in [-0.4, -0.2) is 47.5 Å². The van der Waals surface area contributed by atoms with E-state index in [-0.39, 0.29) is 17.9 Å². The zero-order valence-corrected chi connectivity index (χ0v) is 14.9. The molecule has 0 spiro atoms. The average molecular weight is 429 g/mol. The van der Waals surface area contributed by atoms with Gasteiger partial charge in [-0.25, -0.2) is 13.4 Å². The second kappa shape index (κ2) is 7.45. The molecule has 1 amide bonds. The Kier molecular flexibility index (Phi) is 5.78. The number of carbonyl (C=O) groups is 1. The van der Waals surface area contributed by atoms with Crippen molar-refractivity contribution in [2.45, 2.75) is 29.7 Å². The summed E-state index contributed by atoms with van der Waals surface area (Å²) in [5.74, 6) is -0.790. The Hall–Kier alpha value is -2.57. The zero-order chi connectivity index (χ0) is 21.3. The van der Waals surface area contributed by atoms with E-state index in [9.17, 15) is 39.6 Å². The van der Waals surface area contributed by atoms with Crippen molar-refractivity contribution in [1.29, 1.82) is 0 Å². The third-order valence-electron chi connectivity index (χ3n) is 3.59. The predicted molar refractivity (Wildman–Crippen MR) is 83.8 cm³/mol. The first kappa shape index (κ1) is 21.7. The normalized spacial score (nSPS) is 12.8. The number of rotatable bonds is 5. The zero-order valence-electron chi connectivity index (χ0n) is 14.1. The van der Waals surface area contributed by atoms with Gasteiger partial charge in [-0.2, -0.15) is 26.3 Å². The Balaban J connectivity index is 2.16. The molecule has 0 unspecified atom stereocenters. The molecule has 0 aliphatic heterocycles. The highest BCUT2D eigenvalue weighted by Crippen LogP contribution is 2.30. The number of amides is 1. The van der Waals surface area contributed by atoms with Crippen LogP contribution in [0.3, 0.4) is 0 Å². The highest BCUT2D eigenvalue weighted by Gasteiger charge is 2.46. The number of hydrogen-bond donors (Lipinski definition) is 0. The van der Waals surface area contributed by atoms with Crippen molar-refractivity contribution in [1.82, 2.24) is 14.5 Å². The molecule has 0 atom stereocenters. The second-order valence-corrected chi connectivity index (χ2v) is 7.66. The van der Waals surface area contributed by atoms with Gasteiger partial charge in [0.2, 0.25) is 0 Å². The Morgan fingerprint density at radius 1 is 1.11 bits per heavy atom. The first-order valence-electron chi connectivity index (χ1n) is 7.46. The van der Waals surface area contributed by atoms with Crippen molar-refractivity contribution in [3.05, 3.63) is 48.0 Å². The first-order chi connectivity index (χ1) is 12.7. The standard InChI is InChI=1S/C15H13F6N3O3S/c1-23(8-12-22-6-7-24(12)9-14(16,17)18)13(25)10-2-4-11(5-3-10)28(26,27)15(19,20)21/h2-7H,8-9H2,1H3. The minimum absolute atomic E-state index is 0.0514. The third kappa shape index (κ3) is 4.82. The van der Waals surface area contributed by atoms with Gasteiger partial charge in [0.15, 0.2) is 0 Å². The highest BCUT2D eigenvalue weighted by atomic mass is 32.2. The summed E-state index contributed by atoms with van der Waals surface area (Å²) in [5, 5.41) is 0. The molecular formula is C15H13F6N3O3S. The lowest BCUT2D eigenvalue weighted by Crippen LogP contribution is -2.29. The average Bonchev–Trinajstić information content (AvgIpc) is 2.98. The maximum Gasteiger partial charge on any atom is 0.501 e. The Bertz CT molecular complexity index is 949. The number of halogens is 6. The molecule has 0 aliphatic rings. The van der Waals surface area contributed by atoms with E-state index in [0.717, 1.165) is 34.0 Å². The van der Waals surface area contributed by atoms with Crippen LogP contribution in [0.4, 0.5) is 26.3 Å². The van der Waals surface area contributed by atoms with Crippen LogP contribution in [0.15, 0.2) is 41.6 Å². The largest absolute Gasteiger partial charge is 0.501 e. The van der Waals surface area contributed by atoms with E-state index in [1.54, 1.807) is 0 Å². The lowest BCUT2D eigenvalue weighted by Gasteiger charge is -2.18. The molecule has 1 aromatic heterocycles. The quantitative estimate of drug-likeness (QED) is 0.686. The van der Waals surface area contributed by atoms with Crippen LogP contribution in [0.1, 0.15) is 16.2 Å². The molecule has 0 saturated heterocycles. The van der Waals surface area contributed by atoms with Crippen LogP contribution in [0.5, 0.6) is 0 Å². The van der Waals surface area contributed by atoms with Crippen molar-refractivity contribution in [3.63, 3.8) is 0 Å². The maximum absolute atomic E-state index is 12.5. The van der Waals surface area contributed by atoms with Gasteiger partial charge in [-0.15, -0.1) is 0 Å². The molecule has 28 heavy (non-hydrogen) atoms. The third-order valence-corrected chi connectivity index (χ3v) is 5.10. The molecule has 2 aromatic rings. The van der Waals surface area contributed by atoms with Gasteiger partial charge in [0.25, 0.3) is 15.7 Å². The van der Waals surface area contributed by atoms with E-state index in [1.165, 1.54) is 7.05 Å². The van der Waals surface area contributed by atoms with Gasteiger partial charge in [0.05, 0.1) is 11.4 Å². The van der Waals surface area contributed by atoms with E-state index in [4.69, 9.17) is 0 Å². The SMILES string of the molecule is CN(Cc1nccn1CC(F)(F)F)C(=O)c1ccc(S(=O)(=O)C(F)(F)F)cc1. The van der Waals surface area contributed by atoms with E-state index >= 15 is 0 Å². The summed E-state index contributed by atoms with van der Waals surface area (Å²) >= 11 is 0. The molecule has 0 N–H and O–H groups in total. The van der Waals surface area contributed by atoms with Gasteiger partial charge >= 0.3 is 11.7 Å². The van der Waals surface area contributed by atoms with Gasteiger partial charge in [-0.05, 0) is 24.3 Å². The van der Waals surface area contributed by atoms with Gasteiger partial charge < -0.3 is 9.47 Å². The molecule has 1 aromatic carbocycles. The summed E-state index contributed by atoms with van der Waals surface area (Å²) in [6.07, 6.45) is -2.26. The summed E-state index contributed by atoms with van der Waals surface area (Å²) in [6.45, 7) is -1.60. The fourth-order valence-corrected chi connectivity index (χ4v) is 3.01. The molecule has 154 valence electrons. The number of nitrogens with zero attached hydrogens (tertiary/aromatic N) is 3. The summed E-state index contributed by atoms with van der Waals surface area (Å²) in [4.78, 5) is 16.0. The van der Waals surface area contributed by atoms with Gasteiger partial charge in [-0.1, -0.05) is 0 Å². The number of benzene rings is 1. The van der Waals surface area contributed by atoms with E-state index in [2.05, 4.69) is 4.98 Å². The summed E-state index contributed by atoms with van der Waals surface area (Å²) in [6, 6.07) is 3.04. The van der Waals surface area contributed by atoms with E-state index < -0.39 is 38.9 Å². The highest BCUT2D eigenvalue weighted by molar-refractivity contribution is 7.92. The minimum atomic E-state index is -5.55. The van der Waals surface area contributed by atoms with Crippen LogP contribution in [0.2, 0.25) is 0 Å². The molecular weight excluding hydrogens is 416 g/mol. The molecule has 2 rings (SSSR count). The van der Waals surface area contributed by atoms with Crippen molar-refractivity contribution < 1.29 is 39.6 Å². The second-order valence-electron chi connectivity index (χ2n) is 5.72. The molecule has 0 radical (unpaired) electrons. The van der Waals surface area contributed by atoms with Crippen molar-refractivity contribution >= 4 is 15.7 Å². The summed E-state index contributed by atoms with van der Waals surface area (Å²) in [7, 11) is -4.29. The van der Waals surface area contributed by atoms with Crippen LogP contribution in [-0.2, 0) is 22.9 Å². The number of imidazole rings is 1. The van der Waals surface area contributed by atoms with E-state index in [1.807, 2.05) is 0 Å². The van der Waals surface area contributed by atoms with Crippen LogP contribution < -0.4 is 0 Å². The lowest BCUT2D eigenvalue weighted by molar-refractivity contribution is -0.141. The van der Waals surface area contributed by atoms with Gasteiger partial charge in [0.1, 0.15) is 12.4 Å². The molecule has 13 heteroatoms. The smallest absolute Gasteiger partial charge is 0.334 e. The molecule has 6 nitrogen and oxygen atoms in total.